The number of para-hydroxylation sites is 1. The minimum Gasteiger partial charge on any atom is -0.494 e. The molecule has 1 aromatic carbocycles. The van der Waals surface area contributed by atoms with Gasteiger partial charge in [0.15, 0.2) is 5.96 Å². The Kier molecular flexibility index (Phi) is 8.62. The summed E-state index contributed by atoms with van der Waals surface area (Å²) in [4.78, 5) is 20.5. The van der Waals surface area contributed by atoms with Gasteiger partial charge < -0.3 is 20.7 Å². The maximum Gasteiger partial charge on any atom is 0.252 e. The van der Waals surface area contributed by atoms with Crippen molar-refractivity contribution >= 4 is 11.9 Å². The summed E-state index contributed by atoms with van der Waals surface area (Å²) in [6.07, 6.45) is 3.19. The second kappa shape index (κ2) is 11.5. The monoisotopic (exact) mass is 369 g/mol. The Balaban J connectivity index is 1.84. The summed E-state index contributed by atoms with van der Waals surface area (Å²) in [5.41, 5.74) is 1.58. The minimum atomic E-state index is -0.141. The third-order valence-electron chi connectivity index (χ3n) is 3.65. The van der Waals surface area contributed by atoms with Crippen molar-refractivity contribution in [1.82, 2.24) is 20.9 Å². The molecule has 0 spiro atoms. The van der Waals surface area contributed by atoms with E-state index in [1.807, 2.05) is 38.1 Å². The number of nitrogens with one attached hydrogen (secondary N) is 3. The van der Waals surface area contributed by atoms with Crippen molar-refractivity contribution in [3.63, 3.8) is 0 Å². The first-order valence-corrected chi connectivity index (χ1v) is 9.15. The molecule has 1 aromatic heterocycles. The molecule has 0 aliphatic heterocycles. The van der Waals surface area contributed by atoms with Crippen LogP contribution in [0.5, 0.6) is 5.75 Å². The first-order valence-electron chi connectivity index (χ1n) is 9.15. The maximum absolute atomic E-state index is 12.0. The largest absolute Gasteiger partial charge is 0.494 e. The summed E-state index contributed by atoms with van der Waals surface area (Å²) in [6, 6.07) is 11.4. The molecule has 1 amide bonds. The topological polar surface area (TPSA) is 87.6 Å². The van der Waals surface area contributed by atoms with Crippen molar-refractivity contribution < 1.29 is 9.53 Å². The average molecular weight is 369 g/mol. The molecule has 0 saturated carbocycles. The van der Waals surface area contributed by atoms with Gasteiger partial charge in [-0.15, -0.1) is 0 Å². The van der Waals surface area contributed by atoms with Gasteiger partial charge >= 0.3 is 0 Å². The van der Waals surface area contributed by atoms with Crippen molar-refractivity contribution in [2.24, 2.45) is 4.99 Å². The van der Waals surface area contributed by atoms with Crippen LogP contribution in [0.25, 0.3) is 0 Å². The van der Waals surface area contributed by atoms with Gasteiger partial charge in [-0.3, -0.25) is 9.78 Å². The van der Waals surface area contributed by atoms with E-state index in [0.717, 1.165) is 17.9 Å². The molecule has 0 aliphatic rings. The van der Waals surface area contributed by atoms with Crippen molar-refractivity contribution in [3.8, 4) is 5.75 Å². The first-order chi connectivity index (χ1) is 13.2. The summed E-state index contributed by atoms with van der Waals surface area (Å²) >= 11 is 0. The number of carbonyl (C=O) groups excluding carboxylic acids is 1. The molecule has 2 rings (SSSR count). The van der Waals surface area contributed by atoms with Gasteiger partial charge in [0, 0.05) is 37.6 Å². The zero-order valence-corrected chi connectivity index (χ0v) is 15.9. The van der Waals surface area contributed by atoms with Crippen molar-refractivity contribution in [2.75, 3.05) is 26.2 Å². The Morgan fingerprint density at radius 2 is 1.89 bits per heavy atom. The fourth-order valence-corrected chi connectivity index (χ4v) is 2.39. The van der Waals surface area contributed by atoms with Gasteiger partial charge in [-0.05, 0) is 32.0 Å². The molecular formula is C20H27N5O2. The van der Waals surface area contributed by atoms with Gasteiger partial charge in [-0.25, -0.2) is 4.99 Å². The number of rotatable bonds is 9. The van der Waals surface area contributed by atoms with Crippen molar-refractivity contribution in [1.29, 1.82) is 0 Å². The predicted molar refractivity (Wildman–Crippen MR) is 107 cm³/mol. The molecule has 0 radical (unpaired) electrons. The predicted octanol–water partition coefficient (Wildman–Crippen LogP) is 1.97. The highest BCUT2D eigenvalue weighted by atomic mass is 16.5. The van der Waals surface area contributed by atoms with Crippen LogP contribution in [0, 0.1) is 0 Å². The summed E-state index contributed by atoms with van der Waals surface area (Å²) < 4.78 is 5.63. The van der Waals surface area contributed by atoms with Gasteiger partial charge in [0.25, 0.3) is 5.91 Å². The fourth-order valence-electron chi connectivity index (χ4n) is 2.39. The van der Waals surface area contributed by atoms with Crippen LogP contribution in [0.3, 0.4) is 0 Å². The quantitative estimate of drug-likeness (QED) is 0.357. The summed E-state index contributed by atoms with van der Waals surface area (Å²) in [7, 11) is 0. The number of nitrogens with zero attached hydrogens (tertiary/aromatic N) is 2. The zero-order chi connectivity index (χ0) is 19.3. The molecular weight excluding hydrogens is 342 g/mol. The second-order valence-corrected chi connectivity index (χ2v) is 5.66. The van der Waals surface area contributed by atoms with Crippen LogP contribution in [0.15, 0.2) is 53.8 Å². The van der Waals surface area contributed by atoms with Gasteiger partial charge in [-0.2, -0.15) is 0 Å². The highest BCUT2D eigenvalue weighted by Gasteiger charge is 2.05. The number of pyridine rings is 1. The molecule has 0 fully saturated rings. The number of hydrogen-bond donors (Lipinski definition) is 3. The van der Waals surface area contributed by atoms with E-state index in [9.17, 15) is 4.79 Å². The minimum absolute atomic E-state index is 0.141. The van der Waals surface area contributed by atoms with Gasteiger partial charge in [0.2, 0.25) is 0 Å². The molecule has 1 heterocycles. The molecule has 0 bridgehead atoms. The summed E-state index contributed by atoms with van der Waals surface area (Å²) in [6.45, 7) is 6.89. The van der Waals surface area contributed by atoms with Crippen LogP contribution in [0.4, 0.5) is 0 Å². The first kappa shape index (κ1) is 20.2. The number of aromatic nitrogens is 1. The Bertz CT molecular complexity index is 734. The fraction of sp³-hybridized carbons (Fsp3) is 0.350. The SMILES string of the molecule is CCNC(=NCc1ccccc1OCC)NCCNC(=O)c1cccnc1. The Morgan fingerprint density at radius 1 is 1.07 bits per heavy atom. The van der Waals surface area contributed by atoms with Gasteiger partial charge in [0.1, 0.15) is 5.75 Å². The van der Waals surface area contributed by atoms with E-state index < -0.39 is 0 Å². The van der Waals surface area contributed by atoms with Crippen LogP contribution in [0.2, 0.25) is 0 Å². The number of guanidine groups is 1. The van der Waals surface area contributed by atoms with E-state index >= 15 is 0 Å². The maximum atomic E-state index is 12.0. The van der Waals surface area contributed by atoms with E-state index in [4.69, 9.17) is 4.74 Å². The van der Waals surface area contributed by atoms with Crippen LogP contribution in [-0.2, 0) is 6.54 Å². The summed E-state index contributed by atoms with van der Waals surface area (Å²) in [5, 5.41) is 9.27. The molecule has 2 aromatic rings. The molecule has 0 aliphatic carbocycles. The smallest absolute Gasteiger partial charge is 0.252 e. The zero-order valence-electron chi connectivity index (χ0n) is 15.9. The van der Waals surface area contributed by atoms with Crippen LogP contribution < -0.4 is 20.7 Å². The molecule has 7 heteroatoms. The van der Waals surface area contributed by atoms with Crippen LogP contribution in [0.1, 0.15) is 29.8 Å². The number of hydrogen-bond acceptors (Lipinski definition) is 4. The number of amides is 1. The van der Waals surface area contributed by atoms with Crippen molar-refractivity contribution in [3.05, 3.63) is 59.9 Å². The van der Waals surface area contributed by atoms with E-state index in [0.29, 0.717) is 37.8 Å². The lowest BCUT2D eigenvalue weighted by Gasteiger charge is -2.13. The lowest BCUT2D eigenvalue weighted by Crippen LogP contribution is -2.41. The second-order valence-electron chi connectivity index (χ2n) is 5.66. The molecule has 27 heavy (non-hydrogen) atoms. The Hall–Kier alpha value is -3.09. The normalized spacial score (nSPS) is 11.0. The highest BCUT2D eigenvalue weighted by Crippen LogP contribution is 2.18. The number of aliphatic imine (C=N–C) groups is 1. The third-order valence-corrected chi connectivity index (χ3v) is 3.65. The van der Waals surface area contributed by atoms with Gasteiger partial charge in [0.05, 0.1) is 18.7 Å². The Labute approximate surface area is 160 Å². The number of benzene rings is 1. The molecule has 144 valence electrons. The van der Waals surface area contributed by atoms with Crippen molar-refractivity contribution in [2.45, 2.75) is 20.4 Å². The average Bonchev–Trinajstić information content (AvgIpc) is 2.71. The molecule has 7 nitrogen and oxygen atoms in total. The molecule has 0 unspecified atom stereocenters. The number of carbonyl (C=O) groups is 1. The van der Waals surface area contributed by atoms with E-state index in [1.54, 1.807) is 24.5 Å². The van der Waals surface area contributed by atoms with Gasteiger partial charge in [-0.1, -0.05) is 18.2 Å². The Morgan fingerprint density at radius 3 is 2.63 bits per heavy atom. The molecule has 0 atom stereocenters. The molecule has 3 N–H and O–H groups in total. The summed E-state index contributed by atoms with van der Waals surface area (Å²) in [5.74, 6) is 1.40. The van der Waals surface area contributed by atoms with Crippen LogP contribution in [-0.4, -0.2) is 43.1 Å². The third kappa shape index (κ3) is 6.97. The van der Waals surface area contributed by atoms with Crippen LogP contribution >= 0.6 is 0 Å². The number of ether oxygens (including phenoxy) is 1. The molecule has 0 saturated heterocycles. The lowest BCUT2D eigenvalue weighted by molar-refractivity contribution is 0.0954. The van der Waals surface area contributed by atoms with E-state index in [1.165, 1.54) is 0 Å². The highest BCUT2D eigenvalue weighted by molar-refractivity contribution is 5.93. The lowest BCUT2D eigenvalue weighted by atomic mass is 10.2. The van der Waals surface area contributed by atoms with E-state index in [-0.39, 0.29) is 5.91 Å². The standard InChI is InChI=1S/C20H27N5O2/c1-3-22-20(25-15-16-8-5-6-10-18(16)27-4-2)24-13-12-23-19(26)17-9-7-11-21-14-17/h5-11,14H,3-4,12-13,15H2,1-2H3,(H,23,26)(H2,22,24,25). The van der Waals surface area contributed by atoms with E-state index in [2.05, 4.69) is 25.9 Å².